The quantitative estimate of drug-likeness (QED) is 0.569. The molecule has 2 aromatic rings. The van der Waals surface area contributed by atoms with Crippen LogP contribution in [0.2, 0.25) is 0 Å². The molecule has 2 aliphatic heterocycles. The van der Waals surface area contributed by atoms with E-state index in [0.717, 1.165) is 62.3 Å². The molecular formula is C23H25F3N6O. The lowest BCUT2D eigenvalue weighted by molar-refractivity contribution is -0.137. The highest BCUT2D eigenvalue weighted by Crippen LogP contribution is 2.53. The van der Waals surface area contributed by atoms with Crippen LogP contribution in [0, 0.1) is 0 Å². The lowest BCUT2D eigenvalue weighted by atomic mass is 9.91. The van der Waals surface area contributed by atoms with Crippen molar-refractivity contribution in [3.8, 4) is 0 Å². The Morgan fingerprint density at radius 2 is 1.76 bits per heavy atom. The van der Waals surface area contributed by atoms with Crippen LogP contribution in [0.5, 0.6) is 0 Å². The summed E-state index contributed by atoms with van der Waals surface area (Å²) in [6.45, 7) is 0. The Hall–Kier alpha value is -3.04. The number of fused-ring (bicyclic) bond motifs is 5. The van der Waals surface area contributed by atoms with Gasteiger partial charge in [0.2, 0.25) is 5.95 Å². The molecule has 4 aliphatic rings. The van der Waals surface area contributed by atoms with Gasteiger partial charge >= 0.3 is 12.2 Å². The van der Waals surface area contributed by atoms with E-state index in [9.17, 15) is 18.0 Å². The zero-order valence-electron chi connectivity index (χ0n) is 18.0. The molecule has 3 fully saturated rings. The van der Waals surface area contributed by atoms with E-state index in [1.807, 2.05) is 23.1 Å². The van der Waals surface area contributed by atoms with Crippen molar-refractivity contribution >= 4 is 23.5 Å². The number of anilines is 3. The summed E-state index contributed by atoms with van der Waals surface area (Å²) in [4.78, 5) is 22.8. The van der Waals surface area contributed by atoms with Gasteiger partial charge in [0, 0.05) is 24.0 Å². The summed E-state index contributed by atoms with van der Waals surface area (Å²) < 4.78 is 40.3. The van der Waals surface area contributed by atoms with Gasteiger partial charge in [-0.25, -0.2) is 9.78 Å². The smallest absolute Gasteiger partial charge is 0.367 e. The number of benzene rings is 1. The van der Waals surface area contributed by atoms with Gasteiger partial charge in [0.1, 0.15) is 11.4 Å². The molecule has 2 bridgehead atoms. The van der Waals surface area contributed by atoms with Crippen LogP contribution in [0.4, 0.5) is 35.4 Å². The van der Waals surface area contributed by atoms with E-state index >= 15 is 0 Å². The maximum absolute atomic E-state index is 13.4. The van der Waals surface area contributed by atoms with Crippen LogP contribution in [0.1, 0.15) is 73.7 Å². The first-order valence-electron chi connectivity index (χ1n) is 11.6. The maximum Gasteiger partial charge on any atom is 0.421 e. The number of urea groups is 1. The molecule has 0 spiro atoms. The lowest BCUT2D eigenvalue weighted by Crippen LogP contribution is -2.39. The fourth-order valence-corrected chi connectivity index (χ4v) is 5.06. The third-order valence-electron chi connectivity index (χ3n) is 7.13. The van der Waals surface area contributed by atoms with Crippen molar-refractivity contribution in [2.45, 2.75) is 75.3 Å². The number of nitrogens with zero attached hydrogens (tertiary/aromatic N) is 3. The zero-order chi connectivity index (χ0) is 22.7. The minimum atomic E-state index is -4.53. The van der Waals surface area contributed by atoms with Gasteiger partial charge < -0.3 is 20.9 Å². The minimum Gasteiger partial charge on any atom is -0.367 e. The predicted octanol–water partition coefficient (Wildman–Crippen LogP) is 5.27. The Morgan fingerprint density at radius 3 is 2.42 bits per heavy atom. The molecule has 10 heteroatoms. The van der Waals surface area contributed by atoms with Crippen LogP contribution in [0.15, 0.2) is 24.4 Å². The molecule has 174 valence electrons. The topological polar surface area (TPSA) is 82.2 Å². The Bertz CT molecular complexity index is 1100. The summed E-state index contributed by atoms with van der Waals surface area (Å²) >= 11 is 0. The highest BCUT2D eigenvalue weighted by atomic mass is 19.4. The van der Waals surface area contributed by atoms with Crippen molar-refractivity contribution in [3.05, 3.63) is 41.1 Å². The van der Waals surface area contributed by atoms with Gasteiger partial charge in [-0.05, 0) is 68.2 Å². The summed E-state index contributed by atoms with van der Waals surface area (Å²) in [5.41, 5.74) is 2.06. The van der Waals surface area contributed by atoms with E-state index in [-0.39, 0.29) is 35.9 Å². The van der Waals surface area contributed by atoms with E-state index < -0.39 is 11.7 Å². The van der Waals surface area contributed by atoms with Crippen LogP contribution in [-0.4, -0.2) is 33.0 Å². The third kappa shape index (κ3) is 3.75. The van der Waals surface area contributed by atoms with Crippen LogP contribution < -0.4 is 16.0 Å². The second-order valence-electron chi connectivity index (χ2n) is 9.43. The van der Waals surface area contributed by atoms with Crippen LogP contribution >= 0.6 is 0 Å². The first-order chi connectivity index (χ1) is 15.9. The van der Waals surface area contributed by atoms with Crippen molar-refractivity contribution in [2.24, 2.45) is 0 Å². The Kier molecular flexibility index (Phi) is 4.67. The number of carbonyl (C=O) groups is 1. The number of carbonyl (C=O) groups excluding carboxylic acids is 1. The second-order valence-corrected chi connectivity index (χ2v) is 9.43. The van der Waals surface area contributed by atoms with Gasteiger partial charge in [-0.1, -0.05) is 6.07 Å². The number of nitrogens with one attached hydrogen (secondary N) is 3. The normalized spacial score (nSPS) is 23.8. The molecule has 1 aromatic carbocycles. The van der Waals surface area contributed by atoms with E-state index in [1.165, 1.54) is 0 Å². The number of aromatic nitrogens is 2. The lowest BCUT2D eigenvalue weighted by Gasteiger charge is -2.28. The molecule has 1 saturated heterocycles. The van der Waals surface area contributed by atoms with Crippen LogP contribution in [-0.2, 0) is 6.18 Å². The third-order valence-corrected chi connectivity index (χ3v) is 7.13. The molecule has 33 heavy (non-hydrogen) atoms. The molecule has 7 nitrogen and oxygen atoms in total. The first-order valence-corrected chi connectivity index (χ1v) is 11.6. The van der Waals surface area contributed by atoms with Gasteiger partial charge in [-0.15, -0.1) is 0 Å². The molecule has 0 radical (unpaired) electrons. The number of halogens is 3. The summed E-state index contributed by atoms with van der Waals surface area (Å²) in [5.74, 6) is -0.0795. The van der Waals surface area contributed by atoms with Gasteiger partial charge in [0.15, 0.2) is 0 Å². The molecule has 3 N–H and O–H groups in total. The molecule has 2 aliphatic carbocycles. The number of hydrogen-bond acceptors (Lipinski definition) is 5. The van der Waals surface area contributed by atoms with Crippen molar-refractivity contribution < 1.29 is 18.0 Å². The number of hydrogen-bond donors (Lipinski definition) is 3. The van der Waals surface area contributed by atoms with Crippen molar-refractivity contribution in [1.29, 1.82) is 0 Å². The van der Waals surface area contributed by atoms with Crippen molar-refractivity contribution in [3.63, 3.8) is 0 Å². The van der Waals surface area contributed by atoms with Gasteiger partial charge in [0.05, 0.1) is 12.1 Å². The fraction of sp³-hybridized carbons (Fsp3) is 0.522. The molecule has 2 saturated carbocycles. The highest BCUT2D eigenvalue weighted by Gasteiger charge is 2.47. The molecule has 2 unspecified atom stereocenters. The highest BCUT2D eigenvalue weighted by molar-refractivity contribution is 5.78. The largest absolute Gasteiger partial charge is 0.421 e. The van der Waals surface area contributed by atoms with Crippen LogP contribution in [0.25, 0.3) is 0 Å². The monoisotopic (exact) mass is 458 g/mol. The fourth-order valence-electron chi connectivity index (χ4n) is 5.06. The average molecular weight is 458 g/mol. The Labute approximate surface area is 189 Å². The number of amides is 2. The summed E-state index contributed by atoms with van der Waals surface area (Å²) in [6.07, 6.45) is 2.91. The first kappa shape index (κ1) is 20.6. The molecular weight excluding hydrogens is 433 g/mol. The molecule has 2 atom stereocenters. The van der Waals surface area contributed by atoms with Crippen molar-refractivity contribution in [1.82, 2.24) is 20.2 Å². The summed E-state index contributed by atoms with van der Waals surface area (Å²) in [5, 5.41) is 9.07. The number of alkyl halides is 3. The SMILES string of the molecule is O=C(NC1CC1)N1C2CCC1c1cc(Nc3ncc(C(F)(F)F)c(NC4CCC4)n3)ccc12. The maximum atomic E-state index is 13.4. The van der Waals surface area contributed by atoms with E-state index in [1.54, 1.807) is 0 Å². The van der Waals surface area contributed by atoms with Crippen molar-refractivity contribution in [2.75, 3.05) is 10.6 Å². The van der Waals surface area contributed by atoms with Gasteiger partial charge in [-0.3, -0.25) is 0 Å². The number of rotatable bonds is 5. The molecule has 3 heterocycles. The van der Waals surface area contributed by atoms with Gasteiger partial charge in [0.25, 0.3) is 0 Å². The summed E-state index contributed by atoms with van der Waals surface area (Å²) in [7, 11) is 0. The van der Waals surface area contributed by atoms with Gasteiger partial charge in [-0.2, -0.15) is 18.2 Å². The second kappa shape index (κ2) is 7.50. The Balaban J connectivity index is 1.24. The summed E-state index contributed by atoms with van der Waals surface area (Å²) in [6, 6.07) is 6.25. The molecule has 2 amide bonds. The average Bonchev–Trinajstić information content (AvgIpc) is 3.36. The molecule has 1 aromatic heterocycles. The molecule has 6 rings (SSSR count). The zero-order valence-corrected chi connectivity index (χ0v) is 18.0. The minimum absolute atomic E-state index is 0.00603. The van der Waals surface area contributed by atoms with E-state index in [0.29, 0.717) is 11.7 Å². The Morgan fingerprint density at radius 1 is 1.00 bits per heavy atom. The van der Waals surface area contributed by atoms with Crippen LogP contribution in [0.3, 0.4) is 0 Å². The van der Waals surface area contributed by atoms with E-state index in [2.05, 4.69) is 25.9 Å². The predicted molar refractivity (Wildman–Crippen MR) is 116 cm³/mol. The van der Waals surface area contributed by atoms with E-state index in [4.69, 9.17) is 0 Å². The standard InChI is InChI=1S/C23H25F3N6O/c24-23(25,26)17-11-27-21(31-20(17)28-12-2-1-3-12)29-14-6-7-15-16(10-14)19-9-8-18(15)32(19)22(33)30-13-4-5-13/h6-7,10-13,18-19H,1-5,8-9H2,(H,30,33)(H2,27,28,29,31).